The molecule has 0 spiro atoms. The van der Waals surface area contributed by atoms with Gasteiger partial charge in [0.2, 0.25) is 15.9 Å². The molecule has 3 heterocycles. The van der Waals surface area contributed by atoms with Gasteiger partial charge in [-0.05, 0) is 43.7 Å². The number of nitrogens with one attached hydrogen (secondary N) is 1. The number of benzene rings is 1. The molecule has 4 rings (SSSR count). The van der Waals surface area contributed by atoms with Crippen molar-refractivity contribution < 1.29 is 13.2 Å². The number of hydrogen-bond acceptors (Lipinski definition) is 4. The molecule has 0 saturated carbocycles. The van der Waals surface area contributed by atoms with E-state index in [0.29, 0.717) is 42.7 Å². The number of piperidine rings is 1. The van der Waals surface area contributed by atoms with Crippen molar-refractivity contribution in [3.05, 3.63) is 29.8 Å². The molecule has 3 fully saturated rings. The van der Waals surface area contributed by atoms with Crippen LogP contribution in [0.25, 0.3) is 0 Å². The normalized spacial score (nSPS) is 27.7. The second-order valence-electron chi connectivity index (χ2n) is 7.91. The summed E-state index contributed by atoms with van der Waals surface area (Å²) in [4.78, 5) is 15.2. The van der Waals surface area contributed by atoms with Gasteiger partial charge in [0, 0.05) is 45.2 Å². The molecule has 0 bridgehead atoms. The van der Waals surface area contributed by atoms with Gasteiger partial charge in [-0.2, -0.15) is 4.31 Å². The Morgan fingerprint density at radius 2 is 1.62 bits per heavy atom. The average molecular weight is 378 g/mol. The van der Waals surface area contributed by atoms with Gasteiger partial charge in [-0.25, -0.2) is 8.42 Å². The van der Waals surface area contributed by atoms with Crippen LogP contribution in [0.3, 0.4) is 0 Å². The van der Waals surface area contributed by atoms with Gasteiger partial charge in [0.05, 0.1) is 4.90 Å². The van der Waals surface area contributed by atoms with Crippen molar-refractivity contribution in [1.29, 1.82) is 0 Å². The summed E-state index contributed by atoms with van der Waals surface area (Å²) in [6, 6.07) is 6.97. The van der Waals surface area contributed by atoms with Gasteiger partial charge in [-0.15, -0.1) is 0 Å². The van der Waals surface area contributed by atoms with Crippen molar-refractivity contribution in [3.63, 3.8) is 0 Å². The van der Waals surface area contributed by atoms with Gasteiger partial charge in [0.15, 0.2) is 0 Å². The second kappa shape index (κ2) is 6.94. The Kier molecular flexibility index (Phi) is 4.79. The number of amides is 1. The molecule has 2 atom stereocenters. The van der Waals surface area contributed by atoms with Crippen LogP contribution in [0, 0.1) is 24.7 Å². The van der Waals surface area contributed by atoms with E-state index in [2.05, 4.69) is 5.32 Å². The summed E-state index contributed by atoms with van der Waals surface area (Å²) in [5.41, 5.74) is 1.04. The number of hydrogen-bond donors (Lipinski definition) is 1. The number of rotatable bonds is 3. The Labute approximate surface area is 155 Å². The Morgan fingerprint density at radius 3 is 2.19 bits per heavy atom. The number of likely N-dealkylation sites (tertiary alicyclic amines) is 1. The first-order valence-corrected chi connectivity index (χ1v) is 11.0. The maximum Gasteiger partial charge on any atom is 0.243 e. The van der Waals surface area contributed by atoms with E-state index >= 15 is 0 Å². The largest absolute Gasteiger partial charge is 0.342 e. The van der Waals surface area contributed by atoms with E-state index in [-0.39, 0.29) is 11.8 Å². The molecular formula is C19H27N3O3S. The molecule has 0 aliphatic carbocycles. The monoisotopic (exact) mass is 377 g/mol. The molecule has 0 aromatic heterocycles. The lowest BCUT2D eigenvalue weighted by atomic mass is 9.96. The fourth-order valence-corrected chi connectivity index (χ4v) is 5.97. The molecule has 7 heteroatoms. The minimum atomic E-state index is -3.46. The van der Waals surface area contributed by atoms with Crippen LogP contribution in [0.1, 0.15) is 18.4 Å². The van der Waals surface area contributed by atoms with E-state index in [1.54, 1.807) is 12.1 Å². The zero-order valence-corrected chi connectivity index (χ0v) is 16.0. The molecular weight excluding hydrogens is 350 g/mol. The van der Waals surface area contributed by atoms with E-state index in [0.717, 1.165) is 31.7 Å². The van der Waals surface area contributed by atoms with Gasteiger partial charge in [-0.1, -0.05) is 17.7 Å². The van der Waals surface area contributed by atoms with Crippen molar-refractivity contribution >= 4 is 15.9 Å². The first kappa shape index (κ1) is 17.9. The third-order valence-electron chi connectivity index (χ3n) is 6.16. The molecule has 0 unspecified atom stereocenters. The first-order chi connectivity index (χ1) is 12.4. The lowest BCUT2D eigenvalue weighted by Gasteiger charge is -2.32. The molecule has 1 amide bonds. The summed E-state index contributed by atoms with van der Waals surface area (Å²) in [5.74, 6) is 1.39. The SMILES string of the molecule is Cc1ccc(S(=O)(=O)N2CCC(C(=O)N3C[C@H]4CNC[C@H]4C3)CC2)cc1. The minimum absolute atomic E-state index is 0.0359. The minimum Gasteiger partial charge on any atom is -0.342 e. The first-order valence-electron chi connectivity index (χ1n) is 9.51. The quantitative estimate of drug-likeness (QED) is 0.856. The number of carbonyl (C=O) groups is 1. The van der Waals surface area contributed by atoms with Gasteiger partial charge in [-0.3, -0.25) is 4.79 Å². The zero-order chi connectivity index (χ0) is 18.3. The summed E-state index contributed by atoms with van der Waals surface area (Å²) >= 11 is 0. The van der Waals surface area contributed by atoms with Crippen LogP contribution in [0.15, 0.2) is 29.2 Å². The van der Waals surface area contributed by atoms with Crippen LogP contribution in [0.4, 0.5) is 0 Å². The highest BCUT2D eigenvalue weighted by Gasteiger charge is 2.41. The summed E-state index contributed by atoms with van der Waals surface area (Å²) in [5, 5.41) is 3.39. The molecule has 3 saturated heterocycles. The molecule has 3 aliphatic heterocycles. The third-order valence-corrected chi connectivity index (χ3v) is 8.08. The van der Waals surface area contributed by atoms with E-state index in [1.165, 1.54) is 4.31 Å². The Morgan fingerprint density at radius 1 is 1.04 bits per heavy atom. The maximum atomic E-state index is 12.8. The molecule has 0 radical (unpaired) electrons. The summed E-state index contributed by atoms with van der Waals surface area (Å²) in [7, 11) is -3.46. The third kappa shape index (κ3) is 3.28. The Bertz CT molecular complexity index is 758. The second-order valence-corrected chi connectivity index (χ2v) is 9.85. The van der Waals surface area contributed by atoms with Crippen LogP contribution in [0.5, 0.6) is 0 Å². The van der Waals surface area contributed by atoms with Gasteiger partial charge in [0.1, 0.15) is 0 Å². The van der Waals surface area contributed by atoms with Crippen molar-refractivity contribution in [1.82, 2.24) is 14.5 Å². The maximum absolute atomic E-state index is 12.8. The number of carbonyl (C=O) groups excluding carboxylic acids is 1. The molecule has 6 nitrogen and oxygen atoms in total. The fraction of sp³-hybridized carbons (Fsp3) is 0.632. The molecule has 26 heavy (non-hydrogen) atoms. The Balaban J connectivity index is 1.36. The average Bonchev–Trinajstić information content (AvgIpc) is 3.23. The van der Waals surface area contributed by atoms with Crippen molar-refractivity contribution in [3.8, 4) is 0 Å². The molecule has 3 aliphatic rings. The standard InChI is InChI=1S/C19H27N3O3S/c1-14-2-4-18(5-3-14)26(24,25)22-8-6-15(7-9-22)19(23)21-12-16-10-20-11-17(16)13-21/h2-5,15-17,20H,6-13H2,1H3/t16-,17+. The fourth-order valence-electron chi connectivity index (χ4n) is 4.50. The smallest absolute Gasteiger partial charge is 0.243 e. The van der Waals surface area contributed by atoms with Crippen LogP contribution in [0.2, 0.25) is 0 Å². The number of nitrogens with zero attached hydrogens (tertiary/aromatic N) is 2. The molecule has 1 aromatic rings. The van der Waals surface area contributed by atoms with E-state index < -0.39 is 10.0 Å². The van der Waals surface area contributed by atoms with Crippen LogP contribution < -0.4 is 5.32 Å². The topological polar surface area (TPSA) is 69.7 Å². The Hall–Kier alpha value is -1.44. The molecule has 142 valence electrons. The molecule has 1 aromatic carbocycles. The lowest BCUT2D eigenvalue weighted by molar-refractivity contribution is -0.135. The van der Waals surface area contributed by atoms with Crippen molar-refractivity contribution in [2.45, 2.75) is 24.7 Å². The number of sulfonamides is 1. The van der Waals surface area contributed by atoms with E-state index in [1.807, 2.05) is 24.0 Å². The zero-order valence-electron chi connectivity index (χ0n) is 15.2. The summed E-state index contributed by atoms with van der Waals surface area (Å²) < 4.78 is 27.1. The van der Waals surface area contributed by atoms with E-state index in [4.69, 9.17) is 0 Å². The van der Waals surface area contributed by atoms with Gasteiger partial charge in [0.25, 0.3) is 0 Å². The van der Waals surface area contributed by atoms with E-state index in [9.17, 15) is 13.2 Å². The van der Waals surface area contributed by atoms with Crippen molar-refractivity contribution in [2.75, 3.05) is 39.3 Å². The predicted molar refractivity (Wildman–Crippen MR) is 99.1 cm³/mol. The highest BCUT2D eigenvalue weighted by Crippen LogP contribution is 2.30. The number of aryl methyl sites for hydroxylation is 1. The van der Waals surface area contributed by atoms with Crippen LogP contribution >= 0.6 is 0 Å². The van der Waals surface area contributed by atoms with Crippen molar-refractivity contribution in [2.24, 2.45) is 17.8 Å². The van der Waals surface area contributed by atoms with Crippen LogP contribution in [-0.4, -0.2) is 62.8 Å². The van der Waals surface area contributed by atoms with Crippen LogP contribution in [-0.2, 0) is 14.8 Å². The highest BCUT2D eigenvalue weighted by molar-refractivity contribution is 7.89. The summed E-state index contributed by atoms with van der Waals surface area (Å²) in [6.07, 6.45) is 1.24. The predicted octanol–water partition coefficient (Wildman–Crippen LogP) is 1.07. The molecule has 1 N–H and O–H groups in total. The van der Waals surface area contributed by atoms with Gasteiger partial charge < -0.3 is 10.2 Å². The lowest BCUT2D eigenvalue weighted by Crippen LogP contribution is -2.44. The number of fused-ring (bicyclic) bond motifs is 1. The summed E-state index contributed by atoms with van der Waals surface area (Å²) in [6.45, 7) is 6.54. The highest BCUT2D eigenvalue weighted by atomic mass is 32.2. The van der Waals surface area contributed by atoms with Gasteiger partial charge >= 0.3 is 0 Å².